The first-order chi connectivity index (χ1) is 8.13. The minimum atomic E-state index is 0.308. The Hall–Kier alpha value is -0.610. The SMILES string of the molecule is CCC(C)CN(C)CCC(=O)N1CCNCC1. The van der Waals surface area contributed by atoms with Gasteiger partial charge in [0.1, 0.15) is 0 Å². The molecule has 0 aromatic carbocycles. The lowest BCUT2D eigenvalue weighted by atomic mass is 10.1. The summed E-state index contributed by atoms with van der Waals surface area (Å²) in [6, 6.07) is 0. The Kier molecular flexibility index (Phi) is 6.52. The van der Waals surface area contributed by atoms with E-state index >= 15 is 0 Å². The number of nitrogens with one attached hydrogen (secondary N) is 1. The van der Waals surface area contributed by atoms with Gasteiger partial charge in [-0.3, -0.25) is 4.79 Å². The van der Waals surface area contributed by atoms with E-state index in [-0.39, 0.29) is 0 Å². The number of hydrogen-bond donors (Lipinski definition) is 1. The molecule has 1 amide bonds. The normalized spacial score (nSPS) is 18.5. The Balaban J connectivity index is 2.18. The largest absolute Gasteiger partial charge is 0.340 e. The van der Waals surface area contributed by atoms with Crippen LogP contribution in [0.25, 0.3) is 0 Å². The molecule has 0 aromatic heterocycles. The van der Waals surface area contributed by atoms with E-state index in [9.17, 15) is 4.79 Å². The highest BCUT2D eigenvalue weighted by atomic mass is 16.2. The lowest BCUT2D eigenvalue weighted by molar-refractivity contribution is -0.132. The Bertz CT molecular complexity index is 227. The highest BCUT2D eigenvalue weighted by Gasteiger charge is 2.16. The smallest absolute Gasteiger partial charge is 0.223 e. The molecule has 17 heavy (non-hydrogen) atoms. The summed E-state index contributed by atoms with van der Waals surface area (Å²) in [5.74, 6) is 1.02. The van der Waals surface area contributed by atoms with Crippen molar-refractivity contribution >= 4 is 5.91 Å². The molecule has 0 aromatic rings. The number of rotatable bonds is 6. The molecule has 1 N–H and O–H groups in total. The van der Waals surface area contributed by atoms with E-state index in [0.717, 1.165) is 39.3 Å². The average Bonchev–Trinajstić information content (AvgIpc) is 2.36. The molecule has 0 aliphatic carbocycles. The van der Waals surface area contributed by atoms with Gasteiger partial charge >= 0.3 is 0 Å². The Morgan fingerprint density at radius 2 is 2.06 bits per heavy atom. The molecule has 1 rings (SSSR count). The number of piperazine rings is 1. The van der Waals surface area contributed by atoms with Crippen molar-refractivity contribution in [1.82, 2.24) is 15.1 Å². The van der Waals surface area contributed by atoms with Crippen molar-refractivity contribution in [3.63, 3.8) is 0 Å². The number of carbonyl (C=O) groups excluding carboxylic acids is 1. The van der Waals surface area contributed by atoms with Crippen molar-refractivity contribution < 1.29 is 4.79 Å². The number of amides is 1. The summed E-state index contributed by atoms with van der Waals surface area (Å²) in [6.45, 7) is 10.1. The first-order valence-corrected chi connectivity index (χ1v) is 6.80. The van der Waals surface area contributed by atoms with Crippen LogP contribution in [-0.4, -0.2) is 62.0 Å². The lowest BCUT2D eigenvalue weighted by Crippen LogP contribution is -2.47. The van der Waals surface area contributed by atoms with Crippen LogP contribution in [0, 0.1) is 5.92 Å². The fourth-order valence-corrected chi connectivity index (χ4v) is 2.11. The molecule has 0 bridgehead atoms. The van der Waals surface area contributed by atoms with Crippen molar-refractivity contribution in [2.24, 2.45) is 5.92 Å². The Labute approximate surface area is 105 Å². The molecule has 1 heterocycles. The second-order valence-electron chi connectivity index (χ2n) is 5.16. The van der Waals surface area contributed by atoms with Crippen molar-refractivity contribution in [3.05, 3.63) is 0 Å². The predicted molar refractivity (Wildman–Crippen MR) is 71.0 cm³/mol. The molecule has 4 heteroatoms. The van der Waals surface area contributed by atoms with Crippen LogP contribution in [0.2, 0.25) is 0 Å². The monoisotopic (exact) mass is 241 g/mol. The van der Waals surface area contributed by atoms with Gasteiger partial charge in [0.25, 0.3) is 0 Å². The van der Waals surface area contributed by atoms with Crippen LogP contribution < -0.4 is 5.32 Å². The molecular formula is C13H27N3O. The standard InChI is InChI=1S/C13H27N3O/c1-4-12(2)11-15(3)8-5-13(17)16-9-6-14-7-10-16/h12,14H,4-11H2,1-3H3. The van der Waals surface area contributed by atoms with E-state index in [0.29, 0.717) is 18.2 Å². The second kappa shape index (κ2) is 7.67. The van der Waals surface area contributed by atoms with Crippen molar-refractivity contribution in [1.29, 1.82) is 0 Å². The van der Waals surface area contributed by atoms with Crippen LogP contribution >= 0.6 is 0 Å². The third-order valence-electron chi connectivity index (χ3n) is 3.50. The zero-order valence-corrected chi connectivity index (χ0v) is 11.5. The molecule has 1 aliphatic rings. The summed E-state index contributed by atoms with van der Waals surface area (Å²) in [5.41, 5.74) is 0. The maximum Gasteiger partial charge on any atom is 0.223 e. The Morgan fingerprint density at radius 1 is 1.41 bits per heavy atom. The number of carbonyl (C=O) groups is 1. The third-order valence-corrected chi connectivity index (χ3v) is 3.50. The highest BCUT2D eigenvalue weighted by molar-refractivity contribution is 5.76. The molecule has 1 atom stereocenters. The van der Waals surface area contributed by atoms with Crippen LogP contribution in [0.4, 0.5) is 0 Å². The van der Waals surface area contributed by atoms with Crippen LogP contribution in [0.15, 0.2) is 0 Å². The predicted octanol–water partition coefficient (Wildman–Crippen LogP) is 0.786. The summed E-state index contributed by atoms with van der Waals surface area (Å²) >= 11 is 0. The molecule has 4 nitrogen and oxygen atoms in total. The summed E-state index contributed by atoms with van der Waals surface area (Å²) < 4.78 is 0. The maximum atomic E-state index is 11.9. The molecule has 1 saturated heterocycles. The topological polar surface area (TPSA) is 35.6 Å². The van der Waals surface area contributed by atoms with Crippen LogP contribution in [0.1, 0.15) is 26.7 Å². The summed E-state index contributed by atoms with van der Waals surface area (Å²) in [4.78, 5) is 16.2. The second-order valence-corrected chi connectivity index (χ2v) is 5.16. The van der Waals surface area contributed by atoms with Gasteiger partial charge in [-0.2, -0.15) is 0 Å². The first-order valence-electron chi connectivity index (χ1n) is 6.80. The quantitative estimate of drug-likeness (QED) is 0.747. The van der Waals surface area contributed by atoms with Gasteiger partial charge in [-0.25, -0.2) is 0 Å². The molecule has 1 unspecified atom stereocenters. The van der Waals surface area contributed by atoms with Crippen LogP contribution in [0.5, 0.6) is 0 Å². The zero-order valence-electron chi connectivity index (χ0n) is 11.5. The molecule has 0 spiro atoms. The van der Waals surface area contributed by atoms with E-state index < -0.39 is 0 Å². The molecule has 0 radical (unpaired) electrons. The van der Waals surface area contributed by atoms with E-state index in [1.807, 2.05) is 4.90 Å². The molecule has 1 fully saturated rings. The minimum absolute atomic E-state index is 0.308. The van der Waals surface area contributed by atoms with Gasteiger partial charge in [0, 0.05) is 45.7 Å². The molecule has 100 valence electrons. The average molecular weight is 241 g/mol. The van der Waals surface area contributed by atoms with Gasteiger partial charge in [0.2, 0.25) is 5.91 Å². The highest BCUT2D eigenvalue weighted by Crippen LogP contribution is 2.04. The lowest BCUT2D eigenvalue weighted by Gasteiger charge is -2.28. The van der Waals surface area contributed by atoms with Gasteiger partial charge in [0.15, 0.2) is 0 Å². The summed E-state index contributed by atoms with van der Waals surface area (Å²) in [7, 11) is 2.11. The van der Waals surface area contributed by atoms with Crippen molar-refractivity contribution in [2.45, 2.75) is 26.7 Å². The number of hydrogen-bond acceptors (Lipinski definition) is 3. The molecule has 1 aliphatic heterocycles. The van der Waals surface area contributed by atoms with E-state index in [4.69, 9.17) is 0 Å². The van der Waals surface area contributed by atoms with Crippen molar-refractivity contribution in [3.8, 4) is 0 Å². The first kappa shape index (κ1) is 14.5. The summed E-state index contributed by atoms with van der Waals surface area (Å²) in [6.07, 6.45) is 1.86. The van der Waals surface area contributed by atoms with Gasteiger partial charge in [-0.1, -0.05) is 20.3 Å². The summed E-state index contributed by atoms with van der Waals surface area (Å²) in [5, 5.41) is 3.26. The Morgan fingerprint density at radius 3 is 2.65 bits per heavy atom. The molecule has 0 saturated carbocycles. The fraction of sp³-hybridized carbons (Fsp3) is 0.923. The van der Waals surface area contributed by atoms with Gasteiger partial charge in [-0.15, -0.1) is 0 Å². The van der Waals surface area contributed by atoms with Crippen LogP contribution in [0.3, 0.4) is 0 Å². The van der Waals surface area contributed by atoms with Crippen LogP contribution in [-0.2, 0) is 4.79 Å². The maximum absolute atomic E-state index is 11.9. The van der Waals surface area contributed by atoms with Gasteiger partial charge in [0.05, 0.1) is 0 Å². The van der Waals surface area contributed by atoms with E-state index in [2.05, 4.69) is 31.1 Å². The zero-order chi connectivity index (χ0) is 12.7. The minimum Gasteiger partial charge on any atom is -0.340 e. The van der Waals surface area contributed by atoms with Gasteiger partial charge in [-0.05, 0) is 13.0 Å². The van der Waals surface area contributed by atoms with Gasteiger partial charge < -0.3 is 15.1 Å². The van der Waals surface area contributed by atoms with Crippen molar-refractivity contribution in [2.75, 3.05) is 46.3 Å². The molecular weight excluding hydrogens is 214 g/mol. The van der Waals surface area contributed by atoms with E-state index in [1.54, 1.807) is 0 Å². The third kappa shape index (κ3) is 5.50. The number of nitrogens with zero attached hydrogens (tertiary/aromatic N) is 2. The van der Waals surface area contributed by atoms with E-state index in [1.165, 1.54) is 6.42 Å². The fourth-order valence-electron chi connectivity index (χ4n) is 2.11.